The van der Waals surface area contributed by atoms with Gasteiger partial charge in [-0.05, 0) is 29.8 Å². The summed E-state index contributed by atoms with van der Waals surface area (Å²) >= 11 is 0. The molecule has 0 saturated carbocycles. The minimum atomic E-state index is -1.73. The molecule has 0 bridgehead atoms. The Hall–Kier alpha value is -4.08. The highest BCUT2D eigenvalue weighted by Gasteiger charge is 2.24. The molecule has 1 aromatic heterocycles. The van der Waals surface area contributed by atoms with E-state index in [1.54, 1.807) is 30.3 Å². The van der Waals surface area contributed by atoms with Crippen LogP contribution < -0.4 is 16.0 Å². The highest BCUT2D eigenvalue weighted by atomic mass is 19.2. The molecule has 3 rings (SSSR count). The van der Waals surface area contributed by atoms with E-state index in [1.165, 1.54) is 18.4 Å². The zero-order valence-electron chi connectivity index (χ0n) is 16.5. The summed E-state index contributed by atoms with van der Waals surface area (Å²) < 4.78 is 45.0. The van der Waals surface area contributed by atoms with Gasteiger partial charge in [0, 0.05) is 6.42 Å². The van der Waals surface area contributed by atoms with E-state index in [-0.39, 0.29) is 12.2 Å². The predicted molar refractivity (Wildman–Crippen MR) is 108 cm³/mol. The van der Waals surface area contributed by atoms with Crippen LogP contribution in [0.25, 0.3) is 0 Å². The minimum absolute atomic E-state index is 0.00224. The summed E-state index contributed by atoms with van der Waals surface area (Å²) in [7, 11) is 0. The first-order valence-corrected chi connectivity index (χ1v) is 9.44. The molecule has 3 aromatic rings. The van der Waals surface area contributed by atoms with Crippen molar-refractivity contribution in [1.29, 1.82) is 0 Å². The van der Waals surface area contributed by atoms with Crippen LogP contribution in [0.1, 0.15) is 16.1 Å². The van der Waals surface area contributed by atoms with Gasteiger partial charge in [-0.3, -0.25) is 14.4 Å². The van der Waals surface area contributed by atoms with Crippen molar-refractivity contribution in [3.63, 3.8) is 0 Å². The number of hydrogen-bond donors (Lipinski definition) is 3. The highest BCUT2D eigenvalue weighted by Crippen LogP contribution is 2.19. The number of anilines is 1. The fourth-order valence-electron chi connectivity index (χ4n) is 2.80. The van der Waals surface area contributed by atoms with E-state index in [9.17, 15) is 27.6 Å². The topological polar surface area (TPSA) is 100 Å². The third-order valence-corrected chi connectivity index (χ3v) is 4.38. The first-order chi connectivity index (χ1) is 15.3. The number of furan rings is 1. The van der Waals surface area contributed by atoms with E-state index in [0.717, 1.165) is 11.6 Å². The quantitative estimate of drug-likeness (QED) is 0.464. The van der Waals surface area contributed by atoms with E-state index in [1.807, 2.05) is 5.32 Å². The minimum Gasteiger partial charge on any atom is -0.459 e. The smallest absolute Gasteiger partial charge is 0.287 e. The van der Waals surface area contributed by atoms with Crippen LogP contribution in [0.3, 0.4) is 0 Å². The maximum atomic E-state index is 13.7. The molecule has 2 aromatic carbocycles. The lowest BCUT2D eigenvalue weighted by Gasteiger charge is -2.18. The van der Waals surface area contributed by atoms with E-state index in [0.29, 0.717) is 6.07 Å². The van der Waals surface area contributed by atoms with Crippen LogP contribution in [-0.4, -0.2) is 30.3 Å². The second-order valence-electron chi connectivity index (χ2n) is 6.68. The van der Waals surface area contributed by atoms with Crippen molar-refractivity contribution in [2.75, 3.05) is 11.9 Å². The number of amides is 3. The third-order valence-electron chi connectivity index (χ3n) is 4.38. The van der Waals surface area contributed by atoms with Crippen LogP contribution in [0.15, 0.2) is 65.3 Å². The summed E-state index contributed by atoms with van der Waals surface area (Å²) in [6.45, 7) is -0.598. The molecule has 0 radical (unpaired) electrons. The Bertz CT molecular complexity index is 1110. The Morgan fingerprint density at radius 1 is 0.906 bits per heavy atom. The Labute approximate surface area is 180 Å². The van der Waals surface area contributed by atoms with E-state index in [4.69, 9.17) is 4.42 Å². The van der Waals surface area contributed by atoms with Crippen molar-refractivity contribution in [3.05, 3.63) is 89.6 Å². The lowest BCUT2D eigenvalue weighted by molar-refractivity contribution is -0.125. The van der Waals surface area contributed by atoms with Gasteiger partial charge in [0.1, 0.15) is 6.04 Å². The molecule has 3 amide bonds. The molecule has 166 valence electrons. The fourth-order valence-corrected chi connectivity index (χ4v) is 2.80. The molecule has 1 atom stereocenters. The Balaban J connectivity index is 1.64. The standard InChI is InChI=1S/C22H18F3N3O4/c23-14-8-9-15(20(25)19(14)24)27-18(29)12-26-21(30)16(11-13-5-2-1-3-6-13)28-22(31)17-7-4-10-32-17/h1-10,16H,11-12H2,(H,26,30)(H,27,29)(H,28,31). The van der Waals surface area contributed by atoms with E-state index in [2.05, 4.69) is 10.6 Å². The van der Waals surface area contributed by atoms with Gasteiger partial charge < -0.3 is 20.4 Å². The molecular formula is C22H18F3N3O4. The monoisotopic (exact) mass is 445 g/mol. The molecule has 32 heavy (non-hydrogen) atoms. The summed E-state index contributed by atoms with van der Waals surface area (Å²) in [6.07, 6.45) is 1.43. The van der Waals surface area contributed by atoms with Gasteiger partial charge >= 0.3 is 0 Å². The third kappa shape index (κ3) is 5.75. The number of hydrogen-bond acceptors (Lipinski definition) is 4. The molecule has 0 fully saturated rings. The van der Waals surface area contributed by atoms with Crippen molar-refractivity contribution < 1.29 is 32.0 Å². The summed E-state index contributed by atoms with van der Waals surface area (Å²) in [5.41, 5.74) is 0.177. The van der Waals surface area contributed by atoms with E-state index < -0.39 is 53.4 Å². The summed E-state index contributed by atoms with van der Waals surface area (Å²) in [5, 5.41) is 6.92. The average molecular weight is 445 g/mol. The average Bonchev–Trinajstić information content (AvgIpc) is 3.33. The Kier molecular flexibility index (Phi) is 7.27. The number of carbonyl (C=O) groups is 3. The predicted octanol–water partition coefficient (Wildman–Crippen LogP) is 2.79. The fraction of sp³-hybridized carbons (Fsp3) is 0.136. The highest BCUT2D eigenvalue weighted by molar-refractivity contribution is 5.98. The van der Waals surface area contributed by atoms with Crippen molar-refractivity contribution in [1.82, 2.24) is 10.6 Å². The molecule has 0 aliphatic carbocycles. The van der Waals surface area contributed by atoms with Crippen molar-refractivity contribution in [2.45, 2.75) is 12.5 Å². The molecule has 7 nitrogen and oxygen atoms in total. The second kappa shape index (κ2) is 10.3. The lowest BCUT2D eigenvalue weighted by atomic mass is 10.1. The number of halogens is 3. The van der Waals surface area contributed by atoms with Gasteiger partial charge in [0.2, 0.25) is 11.8 Å². The van der Waals surface area contributed by atoms with E-state index >= 15 is 0 Å². The number of benzene rings is 2. The first kappa shape index (κ1) is 22.6. The van der Waals surface area contributed by atoms with Crippen LogP contribution in [-0.2, 0) is 16.0 Å². The largest absolute Gasteiger partial charge is 0.459 e. The van der Waals surface area contributed by atoms with Crippen LogP contribution in [0, 0.1) is 17.5 Å². The molecule has 1 heterocycles. The van der Waals surface area contributed by atoms with Gasteiger partial charge in [-0.1, -0.05) is 30.3 Å². The maximum absolute atomic E-state index is 13.7. The molecule has 3 N–H and O–H groups in total. The molecule has 0 aliphatic rings. The molecule has 1 unspecified atom stereocenters. The van der Waals surface area contributed by atoms with Crippen LogP contribution in [0.4, 0.5) is 18.9 Å². The maximum Gasteiger partial charge on any atom is 0.287 e. The van der Waals surface area contributed by atoms with Crippen molar-refractivity contribution >= 4 is 23.4 Å². The van der Waals surface area contributed by atoms with Gasteiger partial charge in [0.05, 0.1) is 18.5 Å². The Morgan fingerprint density at radius 2 is 1.66 bits per heavy atom. The SMILES string of the molecule is O=C(CNC(=O)C(Cc1ccccc1)NC(=O)c1ccco1)Nc1ccc(F)c(F)c1F. The first-order valence-electron chi connectivity index (χ1n) is 9.44. The molecular weight excluding hydrogens is 427 g/mol. The number of rotatable bonds is 8. The van der Waals surface area contributed by atoms with Crippen molar-refractivity contribution in [2.24, 2.45) is 0 Å². The summed E-state index contributed by atoms with van der Waals surface area (Å²) in [6, 6.07) is 12.3. The second-order valence-corrected chi connectivity index (χ2v) is 6.68. The van der Waals surface area contributed by atoms with Gasteiger partial charge in [-0.2, -0.15) is 0 Å². The van der Waals surface area contributed by atoms with Crippen LogP contribution in [0.5, 0.6) is 0 Å². The van der Waals surface area contributed by atoms with Crippen LogP contribution >= 0.6 is 0 Å². The van der Waals surface area contributed by atoms with Gasteiger partial charge in [-0.25, -0.2) is 13.2 Å². The molecule has 0 spiro atoms. The number of nitrogens with one attached hydrogen (secondary N) is 3. The molecule has 0 saturated heterocycles. The zero-order valence-corrected chi connectivity index (χ0v) is 16.5. The summed E-state index contributed by atoms with van der Waals surface area (Å²) in [4.78, 5) is 37.0. The van der Waals surface area contributed by atoms with Gasteiger partial charge in [0.25, 0.3) is 5.91 Å². The van der Waals surface area contributed by atoms with Crippen LogP contribution in [0.2, 0.25) is 0 Å². The lowest BCUT2D eigenvalue weighted by Crippen LogP contribution is -2.49. The zero-order chi connectivity index (χ0) is 23.1. The number of carbonyl (C=O) groups excluding carboxylic acids is 3. The molecule has 0 aliphatic heterocycles. The molecule has 10 heteroatoms. The summed E-state index contributed by atoms with van der Waals surface area (Å²) in [5.74, 6) is -6.87. The Morgan fingerprint density at radius 3 is 2.34 bits per heavy atom. The van der Waals surface area contributed by atoms with Gasteiger partial charge in [-0.15, -0.1) is 0 Å². The van der Waals surface area contributed by atoms with Crippen molar-refractivity contribution in [3.8, 4) is 0 Å². The normalized spacial score (nSPS) is 11.5. The van der Waals surface area contributed by atoms with Gasteiger partial charge in [0.15, 0.2) is 23.2 Å².